The average Bonchev–Trinajstić information content (AvgIpc) is 3.12. The molecule has 1 saturated carbocycles. The summed E-state index contributed by atoms with van der Waals surface area (Å²) in [6.07, 6.45) is 2.12. The Morgan fingerprint density at radius 1 is 1.50 bits per heavy atom. The third-order valence-corrected chi connectivity index (χ3v) is 2.58. The van der Waals surface area contributed by atoms with E-state index in [1.165, 1.54) is 12.1 Å². The third kappa shape index (κ3) is 3.17. The maximum Gasteiger partial charge on any atom is 0.296 e. The van der Waals surface area contributed by atoms with Gasteiger partial charge in [0, 0.05) is 6.04 Å². The molecule has 0 heterocycles. The van der Waals surface area contributed by atoms with E-state index >= 15 is 0 Å². The normalized spacial score (nSPS) is 14.2. The Hall–Kier alpha value is -2.15. The summed E-state index contributed by atoms with van der Waals surface area (Å²) in [4.78, 5) is 21.7. The molecule has 0 aliphatic heterocycles. The van der Waals surface area contributed by atoms with E-state index in [2.05, 4.69) is 10.6 Å². The minimum Gasteiger partial charge on any atom is -0.508 e. The maximum atomic E-state index is 11.5. The lowest BCUT2D eigenvalue weighted by Crippen LogP contribution is -2.29. The van der Waals surface area contributed by atoms with Crippen molar-refractivity contribution in [3.05, 3.63) is 28.3 Å². The van der Waals surface area contributed by atoms with Crippen molar-refractivity contribution in [1.82, 2.24) is 5.32 Å². The third-order valence-electron chi connectivity index (χ3n) is 2.58. The van der Waals surface area contributed by atoms with Crippen LogP contribution < -0.4 is 10.6 Å². The molecular weight excluding hydrogens is 238 g/mol. The van der Waals surface area contributed by atoms with Gasteiger partial charge in [-0.05, 0) is 25.0 Å². The zero-order chi connectivity index (χ0) is 13.1. The van der Waals surface area contributed by atoms with Crippen molar-refractivity contribution in [2.24, 2.45) is 0 Å². The number of rotatable bonds is 5. The molecule has 7 heteroatoms. The van der Waals surface area contributed by atoms with Gasteiger partial charge in [-0.25, -0.2) is 0 Å². The van der Waals surface area contributed by atoms with Crippen molar-refractivity contribution < 1.29 is 14.8 Å². The van der Waals surface area contributed by atoms with E-state index in [1.807, 2.05) is 0 Å². The standard InChI is InChI=1S/C11H13N3O4/c15-8-3-4-9(10(5-8)14(17)18)13-11(16)6-12-7-1-2-7/h3-5,7,12,15H,1-2,6H2,(H,13,16). The maximum absolute atomic E-state index is 11.5. The number of carbonyl (C=O) groups is 1. The van der Waals surface area contributed by atoms with E-state index in [1.54, 1.807) is 0 Å². The van der Waals surface area contributed by atoms with E-state index in [4.69, 9.17) is 0 Å². The first-order valence-electron chi connectivity index (χ1n) is 5.57. The van der Waals surface area contributed by atoms with Crippen molar-refractivity contribution in [2.75, 3.05) is 11.9 Å². The number of anilines is 1. The Morgan fingerprint density at radius 3 is 2.83 bits per heavy atom. The van der Waals surface area contributed by atoms with Crippen LogP contribution in [0.2, 0.25) is 0 Å². The topological polar surface area (TPSA) is 104 Å². The molecule has 0 aromatic heterocycles. The van der Waals surface area contributed by atoms with Gasteiger partial charge in [0.25, 0.3) is 5.69 Å². The summed E-state index contributed by atoms with van der Waals surface area (Å²) in [6, 6.07) is 3.99. The summed E-state index contributed by atoms with van der Waals surface area (Å²) in [6.45, 7) is 0.128. The highest BCUT2D eigenvalue weighted by atomic mass is 16.6. The van der Waals surface area contributed by atoms with Crippen LogP contribution in [0.1, 0.15) is 12.8 Å². The van der Waals surface area contributed by atoms with Gasteiger partial charge in [-0.15, -0.1) is 0 Å². The van der Waals surface area contributed by atoms with Gasteiger partial charge in [-0.3, -0.25) is 14.9 Å². The summed E-state index contributed by atoms with van der Waals surface area (Å²) in [5.41, 5.74) is -0.241. The number of nitro groups is 1. The fourth-order valence-corrected chi connectivity index (χ4v) is 1.50. The predicted octanol–water partition coefficient (Wildman–Crippen LogP) is 0.991. The number of hydrogen-bond donors (Lipinski definition) is 3. The summed E-state index contributed by atoms with van der Waals surface area (Å²) >= 11 is 0. The van der Waals surface area contributed by atoms with Crippen molar-refractivity contribution in [3.8, 4) is 5.75 Å². The van der Waals surface area contributed by atoms with Gasteiger partial charge in [0.1, 0.15) is 11.4 Å². The predicted molar refractivity (Wildman–Crippen MR) is 64.4 cm³/mol. The molecule has 0 bridgehead atoms. The van der Waals surface area contributed by atoms with Crippen LogP contribution in [0.3, 0.4) is 0 Å². The van der Waals surface area contributed by atoms with Crippen LogP contribution in [0.25, 0.3) is 0 Å². The molecule has 1 aromatic rings. The van der Waals surface area contributed by atoms with Crippen molar-refractivity contribution in [2.45, 2.75) is 18.9 Å². The molecule has 0 spiro atoms. The second kappa shape index (κ2) is 5.01. The molecule has 0 unspecified atom stereocenters. The largest absolute Gasteiger partial charge is 0.508 e. The van der Waals surface area contributed by atoms with Gasteiger partial charge in [-0.1, -0.05) is 0 Å². The Balaban J connectivity index is 2.02. The number of phenols is 1. The molecule has 0 atom stereocenters. The molecular formula is C11H13N3O4. The van der Waals surface area contributed by atoms with Crippen LogP contribution in [-0.4, -0.2) is 28.5 Å². The fraction of sp³-hybridized carbons (Fsp3) is 0.364. The lowest BCUT2D eigenvalue weighted by atomic mass is 10.2. The molecule has 1 aliphatic carbocycles. The average molecular weight is 251 g/mol. The summed E-state index contributed by atoms with van der Waals surface area (Å²) in [5.74, 6) is -0.550. The van der Waals surface area contributed by atoms with Crippen LogP contribution in [0, 0.1) is 10.1 Å². The zero-order valence-electron chi connectivity index (χ0n) is 9.55. The van der Waals surface area contributed by atoms with Gasteiger partial charge < -0.3 is 15.7 Å². The number of phenolic OH excluding ortho intramolecular Hbond substituents is 1. The van der Waals surface area contributed by atoms with Crippen molar-refractivity contribution in [3.63, 3.8) is 0 Å². The minimum absolute atomic E-state index is 0.0837. The van der Waals surface area contributed by atoms with E-state index in [9.17, 15) is 20.0 Å². The molecule has 96 valence electrons. The smallest absolute Gasteiger partial charge is 0.296 e. The minimum atomic E-state index is -0.649. The molecule has 18 heavy (non-hydrogen) atoms. The SMILES string of the molecule is O=C(CNC1CC1)Nc1ccc(O)cc1[N+](=O)[O-]. The lowest BCUT2D eigenvalue weighted by Gasteiger charge is -2.06. The van der Waals surface area contributed by atoms with Gasteiger partial charge in [-0.2, -0.15) is 0 Å². The van der Waals surface area contributed by atoms with Crippen LogP contribution >= 0.6 is 0 Å². The monoisotopic (exact) mass is 251 g/mol. The Labute approximate surface area is 103 Å². The quantitative estimate of drug-likeness (QED) is 0.411. The lowest BCUT2D eigenvalue weighted by molar-refractivity contribution is -0.384. The summed E-state index contributed by atoms with van der Waals surface area (Å²) in [5, 5.41) is 25.4. The molecule has 1 amide bonds. The first kappa shape index (κ1) is 12.3. The highest BCUT2D eigenvalue weighted by molar-refractivity contribution is 5.94. The Morgan fingerprint density at radius 2 is 2.22 bits per heavy atom. The number of nitrogens with zero attached hydrogens (tertiary/aromatic N) is 1. The number of amides is 1. The number of nitro benzene ring substituents is 1. The van der Waals surface area contributed by atoms with Crippen LogP contribution in [-0.2, 0) is 4.79 Å². The van der Waals surface area contributed by atoms with Crippen molar-refractivity contribution in [1.29, 1.82) is 0 Å². The van der Waals surface area contributed by atoms with E-state index in [0.29, 0.717) is 6.04 Å². The molecule has 1 aliphatic rings. The summed E-state index contributed by atoms with van der Waals surface area (Å²) in [7, 11) is 0. The second-order valence-corrected chi connectivity index (χ2v) is 4.16. The van der Waals surface area contributed by atoms with Crippen molar-refractivity contribution >= 4 is 17.3 Å². The zero-order valence-corrected chi connectivity index (χ0v) is 9.55. The van der Waals surface area contributed by atoms with Crippen LogP contribution in [0.15, 0.2) is 18.2 Å². The second-order valence-electron chi connectivity index (χ2n) is 4.16. The Kier molecular flexibility index (Phi) is 3.42. The highest BCUT2D eigenvalue weighted by Crippen LogP contribution is 2.28. The van der Waals surface area contributed by atoms with E-state index < -0.39 is 4.92 Å². The van der Waals surface area contributed by atoms with Gasteiger partial charge >= 0.3 is 0 Å². The number of benzene rings is 1. The molecule has 1 aromatic carbocycles. The molecule has 0 radical (unpaired) electrons. The molecule has 1 fully saturated rings. The van der Waals surface area contributed by atoms with E-state index in [-0.39, 0.29) is 29.6 Å². The van der Waals surface area contributed by atoms with Gasteiger partial charge in [0.2, 0.25) is 5.91 Å². The molecule has 7 nitrogen and oxygen atoms in total. The van der Waals surface area contributed by atoms with Gasteiger partial charge in [0.05, 0.1) is 17.5 Å². The number of hydrogen-bond acceptors (Lipinski definition) is 5. The first-order valence-corrected chi connectivity index (χ1v) is 5.57. The number of nitrogens with one attached hydrogen (secondary N) is 2. The number of aromatic hydroxyl groups is 1. The van der Waals surface area contributed by atoms with Gasteiger partial charge in [0.15, 0.2) is 0 Å². The van der Waals surface area contributed by atoms with Crippen LogP contribution in [0.5, 0.6) is 5.75 Å². The highest BCUT2D eigenvalue weighted by Gasteiger charge is 2.22. The van der Waals surface area contributed by atoms with Crippen LogP contribution in [0.4, 0.5) is 11.4 Å². The summed E-state index contributed by atoms with van der Waals surface area (Å²) < 4.78 is 0. The first-order chi connectivity index (χ1) is 8.56. The Bertz CT molecular complexity index is 485. The molecule has 3 N–H and O–H groups in total. The molecule has 0 saturated heterocycles. The molecule has 2 rings (SSSR count). The fourth-order valence-electron chi connectivity index (χ4n) is 1.50. The van der Waals surface area contributed by atoms with E-state index in [0.717, 1.165) is 18.9 Å². The number of carbonyl (C=O) groups excluding carboxylic acids is 1.